The van der Waals surface area contributed by atoms with Crippen LogP contribution in [0.1, 0.15) is 0 Å². The molecular weight excluding hydrogens is 176 g/mol. The lowest BCUT2D eigenvalue weighted by molar-refractivity contribution is 0.419. The first kappa shape index (κ1) is 7.31. The summed E-state index contributed by atoms with van der Waals surface area (Å²) in [6, 6.07) is 7.29. The van der Waals surface area contributed by atoms with E-state index in [0.717, 1.165) is 5.56 Å². The molecule has 0 N–H and O–H groups in total. The van der Waals surface area contributed by atoms with E-state index >= 15 is 0 Å². The number of hydrogen-bond acceptors (Lipinski definition) is 3. The molecular formula is C8H5ClN2O. The van der Waals surface area contributed by atoms with Crippen molar-refractivity contribution in [1.82, 2.24) is 10.1 Å². The van der Waals surface area contributed by atoms with Crippen molar-refractivity contribution < 1.29 is 4.52 Å². The molecule has 0 saturated carbocycles. The Labute approximate surface area is 74.0 Å². The summed E-state index contributed by atoms with van der Waals surface area (Å²) in [4.78, 5) is 3.89. The first-order valence-electron chi connectivity index (χ1n) is 3.38. The molecule has 2 aromatic rings. The zero-order valence-corrected chi connectivity index (χ0v) is 6.82. The van der Waals surface area contributed by atoms with Crippen LogP contribution in [0.3, 0.4) is 0 Å². The van der Waals surface area contributed by atoms with Gasteiger partial charge in [-0.15, -0.1) is 0 Å². The van der Waals surface area contributed by atoms with E-state index in [-0.39, 0.29) is 0 Å². The highest BCUT2D eigenvalue weighted by atomic mass is 35.5. The molecule has 0 aliphatic rings. The van der Waals surface area contributed by atoms with Gasteiger partial charge in [-0.3, -0.25) is 0 Å². The zero-order valence-electron chi connectivity index (χ0n) is 6.07. The maximum absolute atomic E-state index is 5.78. The summed E-state index contributed by atoms with van der Waals surface area (Å²) in [6.45, 7) is 0. The molecule has 0 fully saturated rings. The zero-order chi connectivity index (χ0) is 8.39. The van der Waals surface area contributed by atoms with Crippen LogP contribution in [-0.4, -0.2) is 10.1 Å². The van der Waals surface area contributed by atoms with Gasteiger partial charge in [0.15, 0.2) is 0 Å². The van der Waals surface area contributed by atoms with Crippen LogP contribution in [0.4, 0.5) is 0 Å². The first-order valence-corrected chi connectivity index (χ1v) is 3.76. The van der Waals surface area contributed by atoms with Crippen molar-refractivity contribution >= 4 is 11.6 Å². The van der Waals surface area contributed by atoms with Crippen molar-refractivity contribution in [3.8, 4) is 11.4 Å². The molecule has 1 aromatic heterocycles. The number of nitrogens with zero attached hydrogens (tertiary/aromatic N) is 2. The van der Waals surface area contributed by atoms with Crippen molar-refractivity contribution in [1.29, 1.82) is 0 Å². The Morgan fingerprint density at radius 3 is 2.92 bits per heavy atom. The molecule has 4 heteroatoms. The van der Waals surface area contributed by atoms with Gasteiger partial charge in [0, 0.05) is 10.6 Å². The second-order valence-electron chi connectivity index (χ2n) is 2.27. The van der Waals surface area contributed by atoms with Crippen LogP contribution in [0.5, 0.6) is 0 Å². The number of benzene rings is 1. The predicted molar refractivity (Wildman–Crippen MR) is 44.7 cm³/mol. The lowest BCUT2D eigenvalue weighted by Crippen LogP contribution is -1.78. The number of rotatable bonds is 1. The van der Waals surface area contributed by atoms with Crippen LogP contribution in [0.15, 0.2) is 35.2 Å². The molecule has 12 heavy (non-hydrogen) atoms. The van der Waals surface area contributed by atoms with Crippen molar-refractivity contribution in [2.75, 3.05) is 0 Å². The molecule has 0 unspecified atom stereocenters. The highest BCUT2D eigenvalue weighted by molar-refractivity contribution is 6.30. The number of halogens is 1. The summed E-state index contributed by atoms with van der Waals surface area (Å²) in [7, 11) is 0. The SMILES string of the molecule is Clc1cccc(-c2ncon2)c1. The predicted octanol–water partition coefficient (Wildman–Crippen LogP) is 2.39. The average molecular weight is 181 g/mol. The van der Waals surface area contributed by atoms with Gasteiger partial charge >= 0.3 is 0 Å². The molecule has 0 aliphatic carbocycles. The van der Waals surface area contributed by atoms with E-state index in [1.54, 1.807) is 12.1 Å². The summed E-state index contributed by atoms with van der Waals surface area (Å²) >= 11 is 5.78. The van der Waals surface area contributed by atoms with Gasteiger partial charge in [-0.05, 0) is 12.1 Å². The van der Waals surface area contributed by atoms with Crippen LogP contribution in [0.2, 0.25) is 5.02 Å². The van der Waals surface area contributed by atoms with Crippen LogP contribution < -0.4 is 0 Å². The molecule has 60 valence electrons. The van der Waals surface area contributed by atoms with Gasteiger partial charge < -0.3 is 4.52 Å². The summed E-state index contributed by atoms with van der Waals surface area (Å²) in [6.07, 6.45) is 1.29. The fourth-order valence-electron chi connectivity index (χ4n) is 0.925. The molecule has 3 nitrogen and oxygen atoms in total. The second-order valence-corrected chi connectivity index (χ2v) is 2.70. The Bertz CT molecular complexity index is 372. The normalized spacial score (nSPS) is 10.1. The minimum absolute atomic E-state index is 0.553. The average Bonchev–Trinajstić information content (AvgIpc) is 2.56. The maximum Gasteiger partial charge on any atom is 0.214 e. The molecule has 0 radical (unpaired) electrons. The molecule has 0 saturated heterocycles. The third-order valence-corrected chi connectivity index (χ3v) is 1.68. The first-order chi connectivity index (χ1) is 5.86. The molecule has 0 atom stereocenters. The van der Waals surface area contributed by atoms with E-state index in [1.807, 2.05) is 12.1 Å². The highest BCUT2D eigenvalue weighted by Gasteiger charge is 2.01. The Balaban J connectivity index is 2.48. The van der Waals surface area contributed by atoms with Crippen LogP contribution in [-0.2, 0) is 0 Å². The molecule has 2 rings (SSSR count). The van der Waals surface area contributed by atoms with E-state index in [1.165, 1.54) is 6.39 Å². The smallest absolute Gasteiger partial charge is 0.214 e. The molecule has 0 aliphatic heterocycles. The van der Waals surface area contributed by atoms with Gasteiger partial charge in [0.25, 0.3) is 0 Å². The summed E-state index contributed by atoms with van der Waals surface area (Å²) < 4.78 is 4.60. The van der Waals surface area contributed by atoms with Crippen LogP contribution in [0.25, 0.3) is 11.4 Å². The summed E-state index contributed by atoms with van der Waals surface area (Å²) in [5, 5.41) is 4.35. The van der Waals surface area contributed by atoms with Crippen molar-refractivity contribution in [2.24, 2.45) is 0 Å². The fourth-order valence-corrected chi connectivity index (χ4v) is 1.12. The Kier molecular flexibility index (Phi) is 1.80. The van der Waals surface area contributed by atoms with Gasteiger partial charge in [0.2, 0.25) is 12.2 Å². The molecule has 0 spiro atoms. The van der Waals surface area contributed by atoms with Gasteiger partial charge in [0.05, 0.1) is 0 Å². The minimum Gasteiger partial charge on any atom is -0.342 e. The number of hydrogen-bond donors (Lipinski definition) is 0. The van der Waals surface area contributed by atoms with E-state index in [2.05, 4.69) is 14.7 Å². The van der Waals surface area contributed by atoms with E-state index in [0.29, 0.717) is 10.8 Å². The van der Waals surface area contributed by atoms with Crippen molar-refractivity contribution in [2.45, 2.75) is 0 Å². The summed E-state index contributed by atoms with van der Waals surface area (Å²) in [5.74, 6) is 0.553. The maximum atomic E-state index is 5.78. The number of aromatic nitrogens is 2. The van der Waals surface area contributed by atoms with Gasteiger partial charge in [-0.25, -0.2) is 0 Å². The monoisotopic (exact) mass is 180 g/mol. The minimum atomic E-state index is 0.553. The van der Waals surface area contributed by atoms with Gasteiger partial charge in [-0.1, -0.05) is 28.9 Å². The Morgan fingerprint density at radius 1 is 1.33 bits per heavy atom. The quantitative estimate of drug-likeness (QED) is 0.677. The van der Waals surface area contributed by atoms with E-state index in [4.69, 9.17) is 11.6 Å². The Hall–Kier alpha value is -1.35. The van der Waals surface area contributed by atoms with Crippen molar-refractivity contribution in [3.63, 3.8) is 0 Å². The molecule has 1 aromatic carbocycles. The third kappa shape index (κ3) is 1.31. The second kappa shape index (κ2) is 2.95. The summed E-state index contributed by atoms with van der Waals surface area (Å²) in [5.41, 5.74) is 0.858. The fraction of sp³-hybridized carbons (Fsp3) is 0. The molecule has 0 amide bonds. The Morgan fingerprint density at radius 2 is 2.25 bits per heavy atom. The van der Waals surface area contributed by atoms with Crippen LogP contribution >= 0.6 is 11.6 Å². The topological polar surface area (TPSA) is 38.9 Å². The lowest BCUT2D eigenvalue weighted by Gasteiger charge is -1.93. The lowest BCUT2D eigenvalue weighted by atomic mass is 10.2. The molecule has 0 bridgehead atoms. The van der Waals surface area contributed by atoms with Crippen molar-refractivity contribution in [3.05, 3.63) is 35.7 Å². The van der Waals surface area contributed by atoms with Gasteiger partial charge in [0.1, 0.15) is 0 Å². The van der Waals surface area contributed by atoms with Crippen LogP contribution in [0, 0.1) is 0 Å². The standard InChI is InChI=1S/C8H5ClN2O/c9-7-3-1-2-6(4-7)8-10-5-12-11-8/h1-5H. The van der Waals surface area contributed by atoms with E-state index < -0.39 is 0 Å². The molecule has 1 heterocycles. The van der Waals surface area contributed by atoms with E-state index in [9.17, 15) is 0 Å². The largest absolute Gasteiger partial charge is 0.342 e. The van der Waals surface area contributed by atoms with Gasteiger partial charge in [-0.2, -0.15) is 4.98 Å². The highest BCUT2D eigenvalue weighted by Crippen LogP contribution is 2.18. The third-order valence-electron chi connectivity index (χ3n) is 1.44.